The lowest BCUT2D eigenvalue weighted by molar-refractivity contribution is -0.158. The maximum absolute atomic E-state index is 11.2. The zero-order chi connectivity index (χ0) is 10.7. The molecule has 3 nitrogen and oxygen atoms in total. The molecule has 1 aliphatic heterocycles. The molecule has 0 aliphatic carbocycles. The van der Waals surface area contributed by atoms with Crippen LogP contribution < -0.4 is 0 Å². The van der Waals surface area contributed by atoms with Gasteiger partial charge < -0.3 is 9.47 Å². The quantitative estimate of drug-likeness (QED) is 0.424. The number of rotatable bonds is 3. The Hall–Kier alpha value is -0.550. The lowest BCUT2D eigenvalue weighted by Crippen LogP contribution is -2.26. The van der Waals surface area contributed by atoms with Crippen molar-refractivity contribution in [3.8, 4) is 0 Å². The summed E-state index contributed by atoms with van der Waals surface area (Å²) in [5.41, 5.74) is 0.367. The first-order valence-corrected chi connectivity index (χ1v) is 5.57. The van der Waals surface area contributed by atoms with Gasteiger partial charge >= 0.3 is 5.97 Å². The van der Waals surface area contributed by atoms with Gasteiger partial charge in [0.25, 0.3) is 6.29 Å². The van der Waals surface area contributed by atoms with E-state index in [4.69, 9.17) is 21.7 Å². The summed E-state index contributed by atoms with van der Waals surface area (Å²) < 4.78 is 10.7. The van der Waals surface area contributed by atoms with Crippen LogP contribution in [-0.4, -0.2) is 21.9 Å². The van der Waals surface area contributed by atoms with E-state index in [1.54, 1.807) is 6.92 Å². The Morgan fingerprint density at radius 2 is 2.43 bits per heavy atom. The van der Waals surface area contributed by atoms with Gasteiger partial charge in [-0.1, -0.05) is 25.3 Å². The summed E-state index contributed by atoms with van der Waals surface area (Å²) in [5, 5.41) is 0.103. The van der Waals surface area contributed by atoms with Crippen molar-refractivity contribution < 1.29 is 14.3 Å². The monoisotopic (exact) mass is 232 g/mol. The average molecular weight is 232 g/mol. The number of ether oxygens (including phenoxy) is 2. The van der Waals surface area contributed by atoms with Gasteiger partial charge in [0, 0.05) is 5.57 Å². The Balaban J connectivity index is 2.55. The Kier molecular flexibility index (Phi) is 3.95. The highest BCUT2D eigenvalue weighted by atomic mass is 32.2. The lowest BCUT2D eigenvalue weighted by Gasteiger charge is -2.15. The maximum atomic E-state index is 11.2. The van der Waals surface area contributed by atoms with Crippen molar-refractivity contribution in [2.24, 2.45) is 0 Å². The zero-order valence-electron chi connectivity index (χ0n) is 8.11. The molecule has 2 unspecified atom stereocenters. The van der Waals surface area contributed by atoms with Crippen LogP contribution in [0.3, 0.4) is 0 Å². The summed E-state index contributed by atoms with van der Waals surface area (Å²) in [5.74, 6) is -0.432. The van der Waals surface area contributed by atoms with Crippen LogP contribution in [0.4, 0.5) is 0 Å². The molecular formula is C9H12O3S2. The fourth-order valence-electron chi connectivity index (χ4n) is 0.959. The first-order valence-electron chi connectivity index (χ1n) is 4.28. The minimum atomic E-state index is -0.554. The number of thiocarbonyl (C=S) groups is 1. The molecule has 1 heterocycles. The number of carbonyl (C=O) groups is 1. The number of esters is 1. The largest absolute Gasteiger partial charge is 0.437 e. The average Bonchev–Trinajstić information content (AvgIpc) is 2.45. The third-order valence-electron chi connectivity index (χ3n) is 1.74. The molecule has 0 saturated carbocycles. The molecule has 2 atom stereocenters. The molecule has 1 rings (SSSR count). The van der Waals surface area contributed by atoms with Gasteiger partial charge in [0.05, 0.1) is 5.25 Å². The molecule has 0 radical (unpaired) electrons. The molecule has 14 heavy (non-hydrogen) atoms. The lowest BCUT2D eigenvalue weighted by atomic mass is 10.3. The zero-order valence-corrected chi connectivity index (χ0v) is 9.74. The molecule has 0 aromatic carbocycles. The van der Waals surface area contributed by atoms with Crippen LogP contribution >= 0.6 is 24.0 Å². The highest BCUT2D eigenvalue weighted by Crippen LogP contribution is 2.31. The fourth-order valence-corrected chi connectivity index (χ4v) is 2.21. The van der Waals surface area contributed by atoms with E-state index in [-0.39, 0.29) is 5.25 Å². The second-order valence-corrected chi connectivity index (χ2v) is 4.83. The highest BCUT2D eigenvalue weighted by Gasteiger charge is 2.35. The molecule has 0 aromatic rings. The van der Waals surface area contributed by atoms with Crippen LogP contribution in [-0.2, 0) is 14.3 Å². The van der Waals surface area contributed by atoms with E-state index in [0.29, 0.717) is 9.96 Å². The molecule has 1 saturated heterocycles. The third kappa shape index (κ3) is 2.72. The van der Waals surface area contributed by atoms with Crippen molar-refractivity contribution >= 4 is 34.3 Å². The Labute approximate surface area is 92.8 Å². The molecular weight excluding hydrogens is 220 g/mol. The van der Waals surface area contributed by atoms with E-state index in [9.17, 15) is 4.79 Å². The van der Waals surface area contributed by atoms with Gasteiger partial charge in [-0.15, -0.1) is 0 Å². The highest BCUT2D eigenvalue weighted by molar-refractivity contribution is 8.23. The van der Waals surface area contributed by atoms with Crippen LogP contribution in [0.25, 0.3) is 0 Å². The molecule has 1 aliphatic rings. The second kappa shape index (κ2) is 4.79. The van der Waals surface area contributed by atoms with Gasteiger partial charge in [0.2, 0.25) is 4.38 Å². The molecule has 0 bridgehead atoms. The summed E-state index contributed by atoms with van der Waals surface area (Å²) >= 11 is 6.31. The van der Waals surface area contributed by atoms with Crippen molar-refractivity contribution in [2.75, 3.05) is 0 Å². The summed E-state index contributed by atoms with van der Waals surface area (Å²) in [6.45, 7) is 7.09. The number of thioether (sulfide) groups is 1. The van der Waals surface area contributed by atoms with Crippen molar-refractivity contribution in [1.29, 1.82) is 0 Å². The van der Waals surface area contributed by atoms with E-state index in [0.717, 1.165) is 6.42 Å². The normalized spacial score (nSPS) is 25.7. The van der Waals surface area contributed by atoms with Crippen LogP contribution in [0.2, 0.25) is 0 Å². The summed E-state index contributed by atoms with van der Waals surface area (Å²) in [6, 6.07) is 0. The molecule has 0 amide bonds. The SMILES string of the molecule is C=C(C)C(=O)OC1OC(=S)SC1CC. The molecule has 1 fully saturated rings. The molecule has 78 valence electrons. The summed E-state index contributed by atoms with van der Waals surface area (Å²) in [7, 11) is 0. The predicted octanol–water partition coefficient (Wildman–Crippen LogP) is 2.26. The van der Waals surface area contributed by atoms with E-state index < -0.39 is 12.3 Å². The number of hydrogen-bond donors (Lipinski definition) is 0. The predicted molar refractivity (Wildman–Crippen MR) is 60.0 cm³/mol. The van der Waals surface area contributed by atoms with Crippen molar-refractivity contribution in [1.82, 2.24) is 0 Å². The first kappa shape index (κ1) is 11.5. The van der Waals surface area contributed by atoms with Gasteiger partial charge in [-0.3, -0.25) is 0 Å². The van der Waals surface area contributed by atoms with Gasteiger partial charge in [0.1, 0.15) is 0 Å². The van der Waals surface area contributed by atoms with E-state index in [2.05, 4.69) is 6.58 Å². The van der Waals surface area contributed by atoms with Gasteiger partial charge in [-0.05, 0) is 25.6 Å². The van der Waals surface area contributed by atoms with Gasteiger partial charge in [-0.2, -0.15) is 0 Å². The van der Waals surface area contributed by atoms with Crippen LogP contribution in [0.5, 0.6) is 0 Å². The maximum Gasteiger partial charge on any atom is 0.336 e. The van der Waals surface area contributed by atoms with E-state index in [1.165, 1.54) is 11.8 Å². The molecule has 0 spiro atoms. The minimum absolute atomic E-state index is 0.103. The molecule has 0 N–H and O–H groups in total. The smallest absolute Gasteiger partial charge is 0.336 e. The molecule has 5 heteroatoms. The second-order valence-electron chi connectivity index (χ2n) is 2.99. The summed E-state index contributed by atoms with van der Waals surface area (Å²) in [6.07, 6.45) is 0.292. The molecule has 0 aromatic heterocycles. The van der Waals surface area contributed by atoms with E-state index >= 15 is 0 Å². The van der Waals surface area contributed by atoms with Crippen LogP contribution in [0.15, 0.2) is 12.2 Å². The Morgan fingerprint density at radius 1 is 1.79 bits per heavy atom. The first-order chi connectivity index (χ1) is 6.54. The number of carbonyl (C=O) groups excluding carboxylic acids is 1. The fraction of sp³-hybridized carbons (Fsp3) is 0.556. The minimum Gasteiger partial charge on any atom is -0.437 e. The van der Waals surface area contributed by atoms with Crippen molar-refractivity contribution in [3.63, 3.8) is 0 Å². The van der Waals surface area contributed by atoms with Crippen LogP contribution in [0.1, 0.15) is 20.3 Å². The van der Waals surface area contributed by atoms with Crippen molar-refractivity contribution in [3.05, 3.63) is 12.2 Å². The van der Waals surface area contributed by atoms with Crippen molar-refractivity contribution in [2.45, 2.75) is 31.8 Å². The Morgan fingerprint density at radius 3 is 2.93 bits per heavy atom. The number of hydrogen-bond acceptors (Lipinski definition) is 5. The van der Waals surface area contributed by atoms with Crippen LogP contribution in [0, 0.1) is 0 Å². The van der Waals surface area contributed by atoms with Gasteiger partial charge in [0.15, 0.2) is 0 Å². The Bertz CT molecular complexity index is 275. The topological polar surface area (TPSA) is 35.5 Å². The van der Waals surface area contributed by atoms with E-state index in [1.807, 2.05) is 6.92 Å². The van der Waals surface area contributed by atoms with Gasteiger partial charge in [-0.25, -0.2) is 4.79 Å². The summed E-state index contributed by atoms with van der Waals surface area (Å²) in [4.78, 5) is 11.2. The third-order valence-corrected chi connectivity index (χ3v) is 3.27. The standard InChI is InChI=1S/C9H12O3S2/c1-4-6-8(12-9(13)14-6)11-7(10)5(2)3/h6,8H,2,4H2,1,3H3.